The van der Waals surface area contributed by atoms with E-state index in [0.717, 1.165) is 16.7 Å². The van der Waals surface area contributed by atoms with Crippen molar-refractivity contribution in [1.82, 2.24) is 4.98 Å². The molecule has 0 fully saturated rings. The van der Waals surface area contributed by atoms with Crippen molar-refractivity contribution in [2.45, 2.75) is 0 Å². The number of fused-ring (bicyclic) bond motifs is 1. The fourth-order valence-corrected chi connectivity index (χ4v) is 2.76. The molecule has 136 valence electrons. The molecule has 0 saturated heterocycles. The number of benzene rings is 2. The van der Waals surface area contributed by atoms with Crippen LogP contribution in [0.3, 0.4) is 0 Å². The van der Waals surface area contributed by atoms with Crippen LogP contribution in [-0.4, -0.2) is 38.3 Å². The van der Waals surface area contributed by atoms with Gasteiger partial charge in [0.05, 0.1) is 24.4 Å². The molecule has 0 atom stereocenters. The highest BCUT2D eigenvalue weighted by molar-refractivity contribution is 6.32. The zero-order valence-corrected chi connectivity index (χ0v) is 15.2. The normalized spacial score (nSPS) is 10.7. The van der Waals surface area contributed by atoms with Gasteiger partial charge in [0, 0.05) is 24.1 Å². The van der Waals surface area contributed by atoms with Gasteiger partial charge < -0.3 is 24.5 Å². The predicted molar refractivity (Wildman–Crippen MR) is 102 cm³/mol. The fourth-order valence-electron chi connectivity index (χ4n) is 2.53. The Kier molecular flexibility index (Phi) is 5.65. The van der Waals surface area contributed by atoms with Crippen molar-refractivity contribution in [3.05, 3.63) is 53.2 Å². The summed E-state index contributed by atoms with van der Waals surface area (Å²) < 4.78 is 15.8. The van der Waals surface area contributed by atoms with E-state index in [2.05, 4.69) is 10.3 Å². The van der Waals surface area contributed by atoms with Crippen LogP contribution in [0.15, 0.2) is 42.5 Å². The van der Waals surface area contributed by atoms with E-state index in [9.17, 15) is 4.79 Å². The molecule has 1 amide bonds. The van der Waals surface area contributed by atoms with Crippen LogP contribution in [0, 0.1) is 0 Å². The Morgan fingerprint density at radius 3 is 2.77 bits per heavy atom. The Labute approximate surface area is 156 Å². The molecule has 0 bridgehead atoms. The highest BCUT2D eigenvalue weighted by atomic mass is 35.5. The summed E-state index contributed by atoms with van der Waals surface area (Å²) in [7, 11) is 3.19. The minimum atomic E-state index is -0.293. The minimum Gasteiger partial charge on any atom is -0.497 e. The number of ether oxygens (including phenoxy) is 3. The van der Waals surface area contributed by atoms with Crippen LogP contribution >= 0.6 is 11.6 Å². The molecule has 0 unspecified atom stereocenters. The summed E-state index contributed by atoms with van der Waals surface area (Å²) in [5.41, 5.74) is 1.74. The number of nitrogens with one attached hydrogen (secondary N) is 2. The molecule has 0 radical (unpaired) electrons. The Balaban J connectivity index is 1.82. The first-order chi connectivity index (χ1) is 12.6. The number of hydrogen-bond donors (Lipinski definition) is 2. The second-order valence-electron chi connectivity index (χ2n) is 5.55. The Morgan fingerprint density at radius 2 is 2.00 bits per heavy atom. The Hall–Kier alpha value is -2.70. The monoisotopic (exact) mass is 374 g/mol. The van der Waals surface area contributed by atoms with E-state index in [1.54, 1.807) is 38.5 Å². The number of halogens is 1. The first-order valence-electron chi connectivity index (χ1n) is 8.00. The van der Waals surface area contributed by atoms with Crippen molar-refractivity contribution in [3.8, 4) is 11.5 Å². The molecule has 1 aromatic heterocycles. The molecule has 1 heterocycles. The van der Waals surface area contributed by atoms with Crippen molar-refractivity contribution in [2.75, 3.05) is 32.8 Å². The van der Waals surface area contributed by atoms with Crippen LogP contribution in [0.5, 0.6) is 11.5 Å². The molecule has 2 N–H and O–H groups in total. The Morgan fingerprint density at radius 1 is 1.15 bits per heavy atom. The SMILES string of the molecule is COCCOc1c(Cl)cccc1NC(=O)c1cc2ccc(OC)cc2[nH]1. The molecule has 0 aliphatic carbocycles. The summed E-state index contributed by atoms with van der Waals surface area (Å²) in [6.45, 7) is 0.748. The topological polar surface area (TPSA) is 72.6 Å². The molecule has 0 saturated carbocycles. The number of amides is 1. The molecule has 0 aliphatic rings. The largest absolute Gasteiger partial charge is 0.497 e. The first kappa shape index (κ1) is 18.1. The van der Waals surface area contributed by atoms with Crippen molar-refractivity contribution in [3.63, 3.8) is 0 Å². The molecular formula is C19H19ClN2O4. The Bertz CT molecular complexity index is 923. The van der Waals surface area contributed by atoms with E-state index in [-0.39, 0.29) is 5.91 Å². The van der Waals surface area contributed by atoms with Gasteiger partial charge in [-0.1, -0.05) is 17.7 Å². The second-order valence-corrected chi connectivity index (χ2v) is 5.96. The second kappa shape index (κ2) is 8.12. The number of aromatic amines is 1. The summed E-state index contributed by atoms with van der Waals surface area (Å²) >= 11 is 6.20. The number of carbonyl (C=O) groups excluding carboxylic acids is 1. The third kappa shape index (κ3) is 3.92. The molecular weight excluding hydrogens is 356 g/mol. The lowest BCUT2D eigenvalue weighted by Gasteiger charge is -2.13. The highest BCUT2D eigenvalue weighted by Gasteiger charge is 2.15. The molecule has 2 aromatic carbocycles. The average molecular weight is 375 g/mol. The van der Waals surface area contributed by atoms with Crippen LogP contribution in [0.25, 0.3) is 10.9 Å². The molecule has 0 spiro atoms. The van der Waals surface area contributed by atoms with Crippen LogP contribution < -0.4 is 14.8 Å². The van der Waals surface area contributed by atoms with E-state index in [0.29, 0.717) is 35.4 Å². The van der Waals surface area contributed by atoms with Gasteiger partial charge in [-0.3, -0.25) is 4.79 Å². The van der Waals surface area contributed by atoms with E-state index in [1.165, 1.54) is 0 Å². The molecule has 26 heavy (non-hydrogen) atoms. The van der Waals surface area contributed by atoms with Gasteiger partial charge in [0.25, 0.3) is 5.91 Å². The summed E-state index contributed by atoms with van der Waals surface area (Å²) in [4.78, 5) is 15.7. The van der Waals surface area contributed by atoms with E-state index in [4.69, 9.17) is 25.8 Å². The maximum atomic E-state index is 12.6. The van der Waals surface area contributed by atoms with Crippen LogP contribution in [0.4, 0.5) is 5.69 Å². The van der Waals surface area contributed by atoms with E-state index in [1.807, 2.05) is 18.2 Å². The van der Waals surface area contributed by atoms with Gasteiger partial charge >= 0.3 is 0 Å². The maximum Gasteiger partial charge on any atom is 0.272 e. The van der Waals surface area contributed by atoms with E-state index >= 15 is 0 Å². The van der Waals surface area contributed by atoms with Gasteiger partial charge in [-0.15, -0.1) is 0 Å². The molecule has 6 nitrogen and oxygen atoms in total. The van der Waals surface area contributed by atoms with Crippen molar-refractivity contribution < 1.29 is 19.0 Å². The molecule has 0 aliphatic heterocycles. The number of aromatic nitrogens is 1. The van der Waals surface area contributed by atoms with Gasteiger partial charge in [0.15, 0.2) is 5.75 Å². The highest BCUT2D eigenvalue weighted by Crippen LogP contribution is 2.33. The van der Waals surface area contributed by atoms with Gasteiger partial charge in [-0.05, 0) is 30.3 Å². The average Bonchev–Trinajstić information content (AvgIpc) is 3.07. The standard InChI is InChI=1S/C19H19ClN2O4/c1-24-8-9-26-18-14(20)4-3-5-15(18)22-19(23)17-10-12-6-7-13(25-2)11-16(12)21-17/h3-7,10-11,21H,8-9H2,1-2H3,(H,22,23). The number of methoxy groups -OCH3 is 2. The zero-order valence-electron chi connectivity index (χ0n) is 14.5. The van der Waals surface area contributed by atoms with Crippen LogP contribution in [0.2, 0.25) is 5.02 Å². The zero-order chi connectivity index (χ0) is 18.5. The van der Waals surface area contributed by atoms with E-state index < -0.39 is 0 Å². The maximum absolute atomic E-state index is 12.6. The minimum absolute atomic E-state index is 0.293. The lowest BCUT2D eigenvalue weighted by Crippen LogP contribution is -2.14. The number of para-hydroxylation sites is 1. The molecule has 3 rings (SSSR count). The van der Waals surface area contributed by atoms with Gasteiger partial charge in [-0.2, -0.15) is 0 Å². The van der Waals surface area contributed by atoms with Crippen molar-refractivity contribution >= 4 is 34.1 Å². The van der Waals surface area contributed by atoms with Gasteiger partial charge in [0.1, 0.15) is 18.1 Å². The summed E-state index contributed by atoms with van der Waals surface area (Å²) in [5, 5.41) is 4.16. The van der Waals surface area contributed by atoms with Crippen molar-refractivity contribution in [2.24, 2.45) is 0 Å². The third-order valence-electron chi connectivity index (χ3n) is 3.82. The fraction of sp³-hybridized carbons (Fsp3) is 0.211. The summed E-state index contributed by atoms with van der Waals surface area (Å²) in [6.07, 6.45) is 0. The quantitative estimate of drug-likeness (QED) is 0.610. The van der Waals surface area contributed by atoms with Gasteiger partial charge in [0.2, 0.25) is 0 Å². The summed E-state index contributed by atoms with van der Waals surface area (Å²) in [6, 6.07) is 12.5. The third-order valence-corrected chi connectivity index (χ3v) is 4.12. The number of anilines is 1. The predicted octanol–water partition coefficient (Wildman–Crippen LogP) is 4.11. The number of H-pyrrole nitrogens is 1. The number of carbonyl (C=O) groups is 1. The van der Waals surface area contributed by atoms with Crippen LogP contribution in [0.1, 0.15) is 10.5 Å². The molecule has 3 aromatic rings. The smallest absolute Gasteiger partial charge is 0.272 e. The number of rotatable bonds is 7. The molecule has 7 heteroatoms. The van der Waals surface area contributed by atoms with Gasteiger partial charge in [-0.25, -0.2) is 0 Å². The van der Waals surface area contributed by atoms with Crippen molar-refractivity contribution in [1.29, 1.82) is 0 Å². The van der Waals surface area contributed by atoms with Crippen LogP contribution in [-0.2, 0) is 4.74 Å². The summed E-state index contributed by atoms with van der Waals surface area (Å²) in [5.74, 6) is 0.839. The lowest BCUT2D eigenvalue weighted by molar-refractivity contribution is 0.102. The number of hydrogen-bond acceptors (Lipinski definition) is 4. The first-order valence-corrected chi connectivity index (χ1v) is 8.38. The lowest BCUT2D eigenvalue weighted by atomic mass is 10.2.